The molecule has 0 radical (unpaired) electrons. The summed E-state index contributed by atoms with van der Waals surface area (Å²) in [6, 6.07) is 0.271. The molecule has 0 aliphatic carbocycles. The van der Waals surface area contributed by atoms with Crippen LogP contribution in [0.3, 0.4) is 0 Å². The average molecular weight is 112 g/mol. The summed E-state index contributed by atoms with van der Waals surface area (Å²) in [7, 11) is 0. The van der Waals surface area contributed by atoms with Crippen molar-refractivity contribution in [2.75, 3.05) is 0 Å². The van der Waals surface area contributed by atoms with Crippen molar-refractivity contribution in [2.24, 2.45) is 5.10 Å². The third-order valence-electron chi connectivity index (χ3n) is 1.22. The second-order valence-corrected chi connectivity index (χ2v) is 1.87. The van der Waals surface area contributed by atoms with Crippen LogP contribution in [0.2, 0.25) is 0 Å². The lowest BCUT2D eigenvalue weighted by atomic mass is 10.3. The van der Waals surface area contributed by atoms with Crippen molar-refractivity contribution in [3.8, 4) is 0 Å². The second-order valence-electron chi connectivity index (χ2n) is 1.87. The Labute approximate surface area is 48.0 Å². The minimum Gasteiger partial charge on any atom is -0.277 e. The molecule has 44 valence electrons. The van der Waals surface area contributed by atoms with E-state index in [1.165, 1.54) is 5.01 Å². The lowest BCUT2D eigenvalue weighted by Gasteiger charge is -2.09. The molecule has 0 fully saturated rings. The molecule has 3 heteroatoms. The summed E-state index contributed by atoms with van der Waals surface area (Å²) in [6.07, 6.45) is 3.38. The van der Waals surface area contributed by atoms with Gasteiger partial charge < -0.3 is 0 Å². The van der Waals surface area contributed by atoms with E-state index in [0.717, 1.165) is 12.8 Å². The first-order valence-corrected chi connectivity index (χ1v) is 2.60. The van der Waals surface area contributed by atoms with Gasteiger partial charge in [0.2, 0.25) is 6.41 Å². The molecule has 1 aliphatic heterocycles. The smallest absolute Gasteiger partial charge is 0.230 e. The topological polar surface area (TPSA) is 32.7 Å². The van der Waals surface area contributed by atoms with Crippen LogP contribution in [0.25, 0.3) is 0 Å². The molecule has 0 N–H and O–H groups in total. The highest BCUT2D eigenvalue weighted by Gasteiger charge is 2.12. The zero-order valence-corrected chi connectivity index (χ0v) is 4.74. The number of hydrazone groups is 1. The van der Waals surface area contributed by atoms with E-state index in [9.17, 15) is 4.79 Å². The van der Waals surface area contributed by atoms with Gasteiger partial charge in [0.25, 0.3) is 0 Å². The summed E-state index contributed by atoms with van der Waals surface area (Å²) in [5, 5.41) is 5.19. The zero-order valence-electron chi connectivity index (χ0n) is 4.74. The zero-order chi connectivity index (χ0) is 5.98. The SMILES string of the molecule is CC1CC=NN1C=O. The van der Waals surface area contributed by atoms with Gasteiger partial charge in [-0.2, -0.15) is 5.10 Å². The number of carbonyl (C=O) groups excluding carboxylic acids is 1. The number of nitrogens with zero attached hydrogens (tertiary/aromatic N) is 2. The Hall–Kier alpha value is -0.860. The Bertz CT molecular complexity index is 122. The Morgan fingerprint density at radius 3 is 3.00 bits per heavy atom. The Balaban J connectivity index is 2.52. The van der Waals surface area contributed by atoms with Gasteiger partial charge in [0, 0.05) is 12.6 Å². The van der Waals surface area contributed by atoms with E-state index in [-0.39, 0.29) is 6.04 Å². The maximum atomic E-state index is 10.0. The van der Waals surface area contributed by atoms with Crippen molar-refractivity contribution in [3.63, 3.8) is 0 Å². The fourth-order valence-corrected chi connectivity index (χ4v) is 0.647. The fraction of sp³-hybridized carbons (Fsp3) is 0.600. The van der Waals surface area contributed by atoms with Crippen LogP contribution in [-0.4, -0.2) is 23.7 Å². The molecule has 1 rings (SSSR count). The van der Waals surface area contributed by atoms with E-state index in [1.807, 2.05) is 6.92 Å². The molecule has 3 nitrogen and oxygen atoms in total. The first kappa shape index (κ1) is 5.28. The van der Waals surface area contributed by atoms with E-state index in [2.05, 4.69) is 5.10 Å². The fourth-order valence-electron chi connectivity index (χ4n) is 0.647. The molecule has 0 aromatic rings. The first-order valence-electron chi connectivity index (χ1n) is 2.60. The van der Waals surface area contributed by atoms with Crippen LogP contribution in [0, 0.1) is 0 Å². The minimum atomic E-state index is 0.271. The van der Waals surface area contributed by atoms with Gasteiger partial charge in [-0.25, -0.2) is 5.01 Å². The number of hydrogen-bond acceptors (Lipinski definition) is 2. The normalized spacial score (nSPS) is 26.6. The van der Waals surface area contributed by atoms with E-state index >= 15 is 0 Å². The summed E-state index contributed by atoms with van der Waals surface area (Å²) in [4.78, 5) is 10.0. The number of hydrogen-bond donors (Lipinski definition) is 0. The standard InChI is InChI=1S/C5H8N2O/c1-5-2-3-6-7(5)4-8/h3-5H,2H2,1H3. The Kier molecular flexibility index (Phi) is 1.28. The molecule has 0 saturated carbocycles. The number of carbonyl (C=O) groups is 1. The monoisotopic (exact) mass is 112 g/mol. The van der Waals surface area contributed by atoms with Crippen molar-refractivity contribution in [1.29, 1.82) is 0 Å². The molecule has 0 spiro atoms. The maximum Gasteiger partial charge on any atom is 0.230 e. The van der Waals surface area contributed by atoms with E-state index in [0.29, 0.717) is 0 Å². The molecule has 0 saturated heterocycles. The quantitative estimate of drug-likeness (QED) is 0.447. The third kappa shape index (κ3) is 0.710. The van der Waals surface area contributed by atoms with Crippen molar-refractivity contribution < 1.29 is 4.79 Å². The summed E-state index contributed by atoms with van der Waals surface area (Å²) in [6.45, 7) is 1.96. The van der Waals surface area contributed by atoms with Crippen LogP contribution in [0.15, 0.2) is 5.10 Å². The maximum absolute atomic E-state index is 10.0. The molecule has 1 unspecified atom stereocenters. The van der Waals surface area contributed by atoms with Crippen molar-refractivity contribution in [3.05, 3.63) is 0 Å². The highest BCUT2D eigenvalue weighted by molar-refractivity contribution is 5.64. The van der Waals surface area contributed by atoms with Gasteiger partial charge in [-0.3, -0.25) is 4.79 Å². The lowest BCUT2D eigenvalue weighted by molar-refractivity contribution is -0.119. The highest BCUT2D eigenvalue weighted by Crippen LogP contribution is 2.05. The summed E-state index contributed by atoms with van der Waals surface area (Å²) in [5.41, 5.74) is 0. The number of rotatable bonds is 1. The van der Waals surface area contributed by atoms with Gasteiger partial charge in [0.15, 0.2) is 0 Å². The van der Waals surface area contributed by atoms with Gasteiger partial charge in [-0.15, -0.1) is 0 Å². The lowest BCUT2D eigenvalue weighted by Crippen LogP contribution is -2.20. The molecule has 8 heavy (non-hydrogen) atoms. The molecule has 0 aromatic heterocycles. The third-order valence-corrected chi connectivity index (χ3v) is 1.22. The Morgan fingerprint density at radius 2 is 2.75 bits per heavy atom. The summed E-state index contributed by atoms with van der Waals surface area (Å²) < 4.78 is 0. The van der Waals surface area contributed by atoms with Gasteiger partial charge in [0.1, 0.15) is 0 Å². The molecule has 1 amide bonds. The molecule has 1 heterocycles. The van der Waals surface area contributed by atoms with Crippen molar-refractivity contribution in [2.45, 2.75) is 19.4 Å². The second kappa shape index (κ2) is 1.94. The predicted octanol–water partition coefficient (Wildman–Crippen LogP) is 0.223. The van der Waals surface area contributed by atoms with Crippen LogP contribution in [0.5, 0.6) is 0 Å². The van der Waals surface area contributed by atoms with Crippen molar-refractivity contribution >= 4 is 12.6 Å². The number of amides is 1. The first-order chi connectivity index (χ1) is 3.84. The molecular weight excluding hydrogens is 104 g/mol. The average Bonchev–Trinajstić information content (AvgIpc) is 2.14. The molecule has 1 aliphatic rings. The molecule has 0 aromatic carbocycles. The Morgan fingerprint density at radius 1 is 2.00 bits per heavy atom. The van der Waals surface area contributed by atoms with Crippen LogP contribution in [-0.2, 0) is 4.79 Å². The van der Waals surface area contributed by atoms with E-state index in [4.69, 9.17) is 0 Å². The molecule has 0 bridgehead atoms. The van der Waals surface area contributed by atoms with Crippen LogP contribution >= 0.6 is 0 Å². The van der Waals surface area contributed by atoms with E-state index in [1.54, 1.807) is 6.21 Å². The van der Waals surface area contributed by atoms with Crippen molar-refractivity contribution in [1.82, 2.24) is 5.01 Å². The highest BCUT2D eigenvalue weighted by atomic mass is 16.1. The molecule has 1 atom stereocenters. The minimum absolute atomic E-state index is 0.271. The van der Waals surface area contributed by atoms with Crippen LogP contribution in [0.4, 0.5) is 0 Å². The van der Waals surface area contributed by atoms with Gasteiger partial charge in [-0.1, -0.05) is 0 Å². The predicted molar refractivity (Wildman–Crippen MR) is 30.5 cm³/mol. The van der Waals surface area contributed by atoms with E-state index < -0.39 is 0 Å². The van der Waals surface area contributed by atoms with Gasteiger partial charge in [-0.05, 0) is 6.92 Å². The van der Waals surface area contributed by atoms with Gasteiger partial charge >= 0.3 is 0 Å². The molecular formula is C5H8N2O. The largest absolute Gasteiger partial charge is 0.277 e. The van der Waals surface area contributed by atoms with Crippen LogP contribution in [0.1, 0.15) is 13.3 Å². The van der Waals surface area contributed by atoms with Crippen LogP contribution < -0.4 is 0 Å². The summed E-state index contributed by atoms with van der Waals surface area (Å²) in [5.74, 6) is 0. The summed E-state index contributed by atoms with van der Waals surface area (Å²) >= 11 is 0. The van der Waals surface area contributed by atoms with Gasteiger partial charge in [0.05, 0.1) is 6.04 Å².